The van der Waals surface area contributed by atoms with Crippen molar-refractivity contribution in [2.75, 3.05) is 6.54 Å². The molecule has 6 nitrogen and oxygen atoms in total. The van der Waals surface area contributed by atoms with Crippen molar-refractivity contribution in [3.63, 3.8) is 0 Å². The molecule has 0 heterocycles. The Balaban J connectivity index is 1.46. The molecule has 1 N–H and O–H groups in total. The molecule has 0 aliphatic heterocycles. The van der Waals surface area contributed by atoms with E-state index in [9.17, 15) is 14.4 Å². The van der Waals surface area contributed by atoms with Crippen molar-refractivity contribution in [3.8, 4) is 0 Å². The maximum Gasteiger partial charge on any atom is 0.407 e. The van der Waals surface area contributed by atoms with Crippen LogP contribution >= 0.6 is 0 Å². The minimum absolute atomic E-state index is 0.0119. The highest BCUT2D eigenvalue weighted by Gasteiger charge is 2.70. The van der Waals surface area contributed by atoms with Gasteiger partial charge < -0.3 is 14.8 Å². The van der Waals surface area contributed by atoms with Crippen LogP contribution in [-0.4, -0.2) is 36.1 Å². The van der Waals surface area contributed by atoms with E-state index >= 15 is 0 Å². The zero-order valence-electron chi connectivity index (χ0n) is 29.7. The van der Waals surface area contributed by atoms with Crippen LogP contribution < -0.4 is 5.32 Å². The molecule has 5 rings (SSSR count). The predicted octanol–water partition coefficient (Wildman–Crippen LogP) is 8.81. The lowest BCUT2D eigenvalue weighted by Gasteiger charge is -2.72. The van der Waals surface area contributed by atoms with Gasteiger partial charge in [0.25, 0.3) is 0 Å². The van der Waals surface area contributed by atoms with Crippen molar-refractivity contribution < 1.29 is 23.9 Å². The zero-order chi connectivity index (χ0) is 32.7. The average molecular weight is 612 g/mol. The van der Waals surface area contributed by atoms with Gasteiger partial charge in [-0.25, -0.2) is 4.79 Å². The van der Waals surface area contributed by atoms with Crippen LogP contribution in [0.15, 0.2) is 11.1 Å². The summed E-state index contributed by atoms with van der Waals surface area (Å²) in [5, 5.41) is 3.02. The minimum atomic E-state index is -0.535. The normalized spacial score (nSPS) is 41.3. The first kappa shape index (κ1) is 33.5. The van der Waals surface area contributed by atoms with Crippen molar-refractivity contribution in [2.24, 2.45) is 50.7 Å². The van der Waals surface area contributed by atoms with Crippen LogP contribution in [0.2, 0.25) is 0 Å². The van der Waals surface area contributed by atoms with E-state index in [2.05, 4.69) is 53.8 Å². The van der Waals surface area contributed by atoms with E-state index < -0.39 is 5.60 Å². The van der Waals surface area contributed by atoms with Gasteiger partial charge >= 0.3 is 12.1 Å². The number of Topliss-reactive ketones (excluding diaryl/α,β-unsaturated/α-hetero) is 1. The lowest BCUT2D eigenvalue weighted by atomic mass is 9.33. The molecule has 0 aromatic heterocycles. The number of allylic oxidation sites excluding steroid dienone is 2. The Morgan fingerprint density at radius 1 is 0.909 bits per heavy atom. The molecule has 0 aromatic rings. The van der Waals surface area contributed by atoms with Gasteiger partial charge in [0.2, 0.25) is 0 Å². The number of fused-ring (bicyclic) bond motifs is 7. The van der Waals surface area contributed by atoms with Crippen molar-refractivity contribution in [1.82, 2.24) is 5.32 Å². The van der Waals surface area contributed by atoms with Crippen molar-refractivity contribution in [1.29, 1.82) is 0 Å². The van der Waals surface area contributed by atoms with Crippen molar-refractivity contribution in [2.45, 2.75) is 152 Å². The molecule has 6 heteroatoms. The number of carbonyl (C=O) groups excluding carboxylic acids is 3. The van der Waals surface area contributed by atoms with Gasteiger partial charge in [0.05, 0.1) is 0 Å². The summed E-state index contributed by atoms with van der Waals surface area (Å²) in [7, 11) is 0. The van der Waals surface area contributed by atoms with Crippen LogP contribution in [0.5, 0.6) is 0 Å². The van der Waals surface area contributed by atoms with Gasteiger partial charge in [-0.1, -0.05) is 54.0 Å². The predicted molar refractivity (Wildman–Crippen MR) is 174 cm³/mol. The molecule has 44 heavy (non-hydrogen) atoms. The quantitative estimate of drug-likeness (QED) is 0.314. The second-order valence-corrected chi connectivity index (χ2v) is 18.1. The van der Waals surface area contributed by atoms with Gasteiger partial charge in [0, 0.05) is 30.7 Å². The van der Waals surface area contributed by atoms with Gasteiger partial charge in [0.1, 0.15) is 11.7 Å². The lowest BCUT2D eigenvalue weighted by Crippen LogP contribution is -2.65. The molecule has 5 aliphatic carbocycles. The van der Waals surface area contributed by atoms with E-state index in [-0.39, 0.29) is 51.2 Å². The summed E-state index contributed by atoms with van der Waals surface area (Å²) in [6.07, 6.45) is 9.85. The molecule has 0 spiro atoms. The van der Waals surface area contributed by atoms with Gasteiger partial charge in [-0.3, -0.25) is 9.59 Å². The second-order valence-electron chi connectivity index (χ2n) is 18.1. The highest BCUT2D eigenvalue weighted by molar-refractivity contribution is 6.00. The summed E-state index contributed by atoms with van der Waals surface area (Å²) in [4.78, 5) is 38.4. The van der Waals surface area contributed by atoms with Gasteiger partial charge in [-0.15, -0.1) is 0 Å². The smallest absolute Gasteiger partial charge is 0.407 e. The Bertz CT molecular complexity index is 1230. The SMILES string of the molecule is CC(=O)O[C@H]1CC[C@]2(C)[C@H]3CC[C@@H]4C5=C(C(C)C)C(=O)C[C@]5(CCNC(=O)OC(C)(C)C)CC[C@@]4(C)[C@]3(C)CC[C@H]2C1(C)C. The fourth-order valence-corrected chi connectivity index (χ4v) is 12.2. The van der Waals surface area contributed by atoms with Crippen molar-refractivity contribution in [3.05, 3.63) is 11.1 Å². The van der Waals surface area contributed by atoms with E-state index in [1.807, 2.05) is 20.8 Å². The standard InChI is InChI=1S/C38H61NO5/c1-23(2)30-26(41)22-38(20-21-39-32(42)44-33(4,5)6)19-18-36(10)25(31(30)38)12-13-28-35(9)16-15-29(43-24(3)40)34(7,8)27(35)14-17-37(28,36)11/h23,25,27-29H,12-22H2,1-11H3,(H,39,42)/t25-,27+,28-,29+,35+,36-,37-,38-/m1/s1. The number of esters is 1. The second kappa shape index (κ2) is 10.9. The molecule has 0 aromatic carbocycles. The van der Waals surface area contributed by atoms with Gasteiger partial charge in [-0.2, -0.15) is 0 Å². The van der Waals surface area contributed by atoms with E-state index in [0.29, 0.717) is 36.5 Å². The molecule has 1 amide bonds. The highest BCUT2D eigenvalue weighted by atomic mass is 16.6. The number of amides is 1. The van der Waals surface area contributed by atoms with Crippen LogP contribution in [0.25, 0.3) is 0 Å². The molecule has 0 unspecified atom stereocenters. The van der Waals surface area contributed by atoms with E-state index in [1.165, 1.54) is 18.4 Å². The number of nitrogens with one attached hydrogen (secondary N) is 1. The number of hydrogen-bond donors (Lipinski definition) is 1. The maximum absolute atomic E-state index is 13.8. The van der Waals surface area contributed by atoms with Gasteiger partial charge in [-0.05, 0) is 124 Å². The third-order valence-corrected chi connectivity index (χ3v) is 14.1. The Labute approximate surface area is 267 Å². The number of rotatable bonds is 5. The molecular formula is C38H61NO5. The Morgan fingerprint density at radius 2 is 1.59 bits per heavy atom. The fraction of sp³-hybridized carbons (Fsp3) is 0.868. The molecular weight excluding hydrogens is 550 g/mol. The molecule has 4 saturated carbocycles. The molecule has 4 fully saturated rings. The average Bonchev–Trinajstić information content (AvgIpc) is 3.17. The van der Waals surface area contributed by atoms with E-state index in [4.69, 9.17) is 9.47 Å². The third kappa shape index (κ3) is 5.07. The summed E-state index contributed by atoms with van der Waals surface area (Å²) in [6.45, 7) is 24.6. The van der Waals surface area contributed by atoms with Crippen LogP contribution in [-0.2, 0) is 19.1 Å². The van der Waals surface area contributed by atoms with E-state index in [1.54, 1.807) is 6.92 Å². The number of carbonyl (C=O) groups is 3. The van der Waals surface area contributed by atoms with Crippen molar-refractivity contribution >= 4 is 17.8 Å². The Kier molecular flexibility index (Phi) is 8.27. The summed E-state index contributed by atoms with van der Waals surface area (Å²) in [6, 6.07) is 0. The number of ether oxygens (including phenoxy) is 2. The highest BCUT2D eigenvalue weighted by Crippen LogP contribution is 2.77. The third-order valence-electron chi connectivity index (χ3n) is 14.1. The van der Waals surface area contributed by atoms with Crippen LogP contribution in [0.1, 0.15) is 140 Å². The molecule has 8 atom stereocenters. The largest absolute Gasteiger partial charge is 0.462 e. The molecule has 248 valence electrons. The topological polar surface area (TPSA) is 81.7 Å². The number of alkyl carbamates (subject to hydrolysis) is 1. The number of ketones is 1. The first-order valence-corrected chi connectivity index (χ1v) is 17.6. The first-order chi connectivity index (χ1) is 20.2. The summed E-state index contributed by atoms with van der Waals surface area (Å²) in [5.41, 5.74) is 2.30. The lowest BCUT2D eigenvalue weighted by molar-refractivity contribution is -0.232. The van der Waals surface area contributed by atoms with Crippen LogP contribution in [0.3, 0.4) is 0 Å². The number of hydrogen-bond acceptors (Lipinski definition) is 5. The molecule has 0 bridgehead atoms. The fourth-order valence-electron chi connectivity index (χ4n) is 12.2. The Morgan fingerprint density at radius 3 is 2.20 bits per heavy atom. The first-order valence-electron chi connectivity index (χ1n) is 17.6. The zero-order valence-corrected chi connectivity index (χ0v) is 29.7. The van der Waals surface area contributed by atoms with E-state index in [0.717, 1.165) is 50.5 Å². The monoisotopic (exact) mass is 611 g/mol. The summed E-state index contributed by atoms with van der Waals surface area (Å²) in [5.74, 6) is 1.91. The summed E-state index contributed by atoms with van der Waals surface area (Å²) < 4.78 is 11.5. The molecule has 5 aliphatic rings. The molecule has 0 radical (unpaired) electrons. The van der Waals surface area contributed by atoms with Crippen LogP contribution in [0.4, 0.5) is 4.79 Å². The molecule has 0 saturated heterocycles. The maximum atomic E-state index is 13.8. The minimum Gasteiger partial charge on any atom is -0.462 e. The van der Waals surface area contributed by atoms with Gasteiger partial charge in [0.15, 0.2) is 5.78 Å². The summed E-state index contributed by atoms with van der Waals surface area (Å²) >= 11 is 0. The Hall–Kier alpha value is -1.85. The van der Waals surface area contributed by atoms with Crippen LogP contribution in [0, 0.1) is 50.7 Å².